The molecule has 0 saturated carbocycles. The number of carbonyl (C=O) groups excluding carboxylic acids is 3. The van der Waals surface area contributed by atoms with E-state index in [2.05, 4.69) is 10.6 Å². The molecule has 0 aliphatic carbocycles. The zero-order valence-corrected chi connectivity index (χ0v) is 20.6. The Hall–Kier alpha value is -3.65. The Kier molecular flexibility index (Phi) is 9.03. The predicted molar refractivity (Wildman–Crippen MR) is 134 cm³/mol. The maximum atomic E-state index is 12.8. The Morgan fingerprint density at radius 1 is 1.06 bits per heavy atom. The number of nitrogens with one attached hydrogen (secondary N) is 2. The highest BCUT2D eigenvalue weighted by Gasteiger charge is 2.26. The fourth-order valence-corrected chi connectivity index (χ4v) is 3.85. The van der Waals surface area contributed by atoms with Gasteiger partial charge < -0.3 is 25.0 Å². The molecule has 1 saturated heterocycles. The molecule has 3 rings (SSSR count). The van der Waals surface area contributed by atoms with E-state index in [1.54, 1.807) is 44.4 Å². The summed E-state index contributed by atoms with van der Waals surface area (Å²) in [5, 5.41) is 5.46. The predicted octanol–water partition coefficient (Wildman–Crippen LogP) is 2.78. The number of methoxy groups -OCH3 is 1. The lowest BCUT2D eigenvalue weighted by atomic mass is 10.1. The van der Waals surface area contributed by atoms with Crippen LogP contribution in [0.2, 0.25) is 0 Å². The van der Waals surface area contributed by atoms with Crippen molar-refractivity contribution in [2.45, 2.75) is 45.6 Å². The topological polar surface area (TPSA) is 97.0 Å². The summed E-state index contributed by atoms with van der Waals surface area (Å²) in [6.45, 7) is 6.98. The number of rotatable bonds is 8. The van der Waals surface area contributed by atoms with Gasteiger partial charge in [0.15, 0.2) is 0 Å². The third kappa shape index (κ3) is 7.68. The summed E-state index contributed by atoms with van der Waals surface area (Å²) in [4.78, 5) is 39.1. The molecule has 186 valence electrons. The third-order valence-electron chi connectivity index (χ3n) is 5.67. The molecular formula is C27H33N3O5. The quantitative estimate of drug-likeness (QED) is 0.568. The molecular weight excluding hydrogens is 446 g/mol. The van der Waals surface area contributed by atoms with Crippen molar-refractivity contribution in [3.05, 3.63) is 71.3 Å². The molecule has 2 N–H and O–H groups in total. The minimum Gasteiger partial charge on any atom is -0.497 e. The highest BCUT2D eigenvalue weighted by Crippen LogP contribution is 2.15. The number of hydrogen-bond acceptors (Lipinski definition) is 5. The molecule has 35 heavy (non-hydrogen) atoms. The molecule has 3 unspecified atom stereocenters. The van der Waals surface area contributed by atoms with Crippen LogP contribution in [0, 0.1) is 0 Å². The Morgan fingerprint density at radius 2 is 1.69 bits per heavy atom. The summed E-state index contributed by atoms with van der Waals surface area (Å²) in [6, 6.07) is 13.8. The SMILES string of the molecule is COc1ccc(/C=C/C(=O)NC(C)C(=O)NCc2ccc(C(=O)N3CC(C)OC(C)C3)cc2)cc1. The summed E-state index contributed by atoms with van der Waals surface area (Å²) in [6.07, 6.45) is 3.08. The van der Waals surface area contributed by atoms with Gasteiger partial charge in [0.25, 0.3) is 5.91 Å². The third-order valence-corrected chi connectivity index (χ3v) is 5.67. The fourth-order valence-electron chi connectivity index (χ4n) is 3.85. The lowest BCUT2D eigenvalue weighted by molar-refractivity contribution is -0.126. The Labute approximate surface area is 206 Å². The smallest absolute Gasteiger partial charge is 0.254 e. The van der Waals surface area contributed by atoms with Crippen molar-refractivity contribution < 1.29 is 23.9 Å². The molecule has 8 heteroatoms. The summed E-state index contributed by atoms with van der Waals surface area (Å²) in [5.74, 6) is 0.0480. The normalized spacial score (nSPS) is 18.7. The van der Waals surface area contributed by atoms with Crippen molar-refractivity contribution >= 4 is 23.8 Å². The average Bonchev–Trinajstić information content (AvgIpc) is 2.85. The van der Waals surface area contributed by atoms with Crippen molar-refractivity contribution in [2.24, 2.45) is 0 Å². The van der Waals surface area contributed by atoms with Gasteiger partial charge in [-0.25, -0.2) is 0 Å². The van der Waals surface area contributed by atoms with E-state index in [0.717, 1.165) is 16.9 Å². The maximum absolute atomic E-state index is 12.8. The molecule has 1 heterocycles. The molecule has 3 amide bonds. The zero-order chi connectivity index (χ0) is 25.4. The van der Waals surface area contributed by atoms with Gasteiger partial charge in [0.05, 0.1) is 19.3 Å². The van der Waals surface area contributed by atoms with Crippen molar-refractivity contribution in [3.63, 3.8) is 0 Å². The van der Waals surface area contributed by atoms with Gasteiger partial charge in [-0.2, -0.15) is 0 Å². The highest BCUT2D eigenvalue weighted by molar-refractivity contribution is 5.95. The number of benzene rings is 2. The number of hydrogen-bond donors (Lipinski definition) is 2. The maximum Gasteiger partial charge on any atom is 0.254 e. The van der Waals surface area contributed by atoms with Gasteiger partial charge in [0, 0.05) is 31.3 Å². The van der Waals surface area contributed by atoms with E-state index in [0.29, 0.717) is 25.2 Å². The first-order valence-corrected chi connectivity index (χ1v) is 11.7. The Balaban J connectivity index is 1.45. The molecule has 2 aromatic rings. The van der Waals surface area contributed by atoms with E-state index in [4.69, 9.17) is 9.47 Å². The second-order valence-electron chi connectivity index (χ2n) is 8.72. The van der Waals surface area contributed by atoms with Crippen LogP contribution in [-0.4, -0.2) is 61.1 Å². The van der Waals surface area contributed by atoms with Gasteiger partial charge in [-0.15, -0.1) is 0 Å². The Morgan fingerprint density at radius 3 is 2.29 bits per heavy atom. The van der Waals surface area contributed by atoms with Crippen LogP contribution in [0.4, 0.5) is 0 Å². The largest absolute Gasteiger partial charge is 0.497 e. The second kappa shape index (κ2) is 12.2. The van der Waals surface area contributed by atoms with Crippen LogP contribution >= 0.6 is 0 Å². The molecule has 0 aromatic heterocycles. The second-order valence-corrected chi connectivity index (χ2v) is 8.72. The Bertz CT molecular complexity index is 1040. The first kappa shape index (κ1) is 26.0. The minimum atomic E-state index is -0.700. The number of carbonyl (C=O) groups is 3. The van der Waals surface area contributed by atoms with E-state index in [-0.39, 0.29) is 29.9 Å². The van der Waals surface area contributed by atoms with Gasteiger partial charge in [0.1, 0.15) is 11.8 Å². The van der Waals surface area contributed by atoms with E-state index < -0.39 is 6.04 Å². The minimum absolute atomic E-state index is 0.0117. The van der Waals surface area contributed by atoms with Gasteiger partial charge in [0.2, 0.25) is 11.8 Å². The fraction of sp³-hybridized carbons (Fsp3) is 0.370. The molecule has 1 fully saturated rings. The highest BCUT2D eigenvalue weighted by atomic mass is 16.5. The molecule has 2 aromatic carbocycles. The van der Waals surface area contributed by atoms with Crippen molar-refractivity contribution in [1.82, 2.24) is 15.5 Å². The van der Waals surface area contributed by atoms with Crippen LogP contribution in [0.25, 0.3) is 6.08 Å². The number of nitrogens with zero attached hydrogens (tertiary/aromatic N) is 1. The number of morpholine rings is 1. The average molecular weight is 480 g/mol. The van der Waals surface area contributed by atoms with E-state index in [1.807, 2.05) is 43.0 Å². The van der Waals surface area contributed by atoms with Gasteiger partial charge in [-0.3, -0.25) is 14.4 Å². The van der Waals surface area contributed by atoms with Crippen LogP contribution in [0.1, 0.15) is 42.3 Å². The van der Waals surface area contributed by atoms with E-state index >= 15 is 0 Å². The standard InChI is InChI=1S/C27H33N3O5/c1-18-16-30(17-19(2)35-18)27(33)23-10-5-22(6-11-23)15-28-26(32)20(3)29-25(31)14-9-21-7-12-24(34-4)13-8-21/h5-14,18-20H,15-17H2,1-4H3,(H,28,32)(H,29,31)/b14-9+. The van der Waals surface area contributed by atoms with Crippen LogP contribution in [-0.2, 0) is 20.9 Å². The summed E-state index contributed by atoms with van der Waals surface area (Å²) in [5.41, 5.74) is 2.31. The van der Waals surface area contributed by atoms with Gasteiger partial charge in [-0.05, 0) is 62.2 Å². The summed E-state index contributed by atoms with van der Waals surface area (Å²) >= 11 is 0. The molecule has 8 nitrogen and oxygen atoms in total. The zero-order valence-electron chi connectivity index (χ0n) is 20.6. The van der Waals surface area contributed by atoms with Crippen molar-refractivity contribution in [2.75, 3.05) is 20.2 Å². The van der Waals surface area contributed by atoms with E-state index in [1.165, 1.54) is 6.08 Å². The van der Waals surface area contributed by atoms with Crippen molar-refractivity contribution in [3.8, 4) is 5.75 Å². The lowest BCUT2D eigenvalue weighted by Gasteiger charge is -2.35. The number of amides is 3. The molecule has 0 spiro atoms. The monoisotopic (exact) mass is 479 g/mol. The first-order chi connectivity index (χ1) is 16.7. The summed E-state index contributed by atoms with van der Waals surface area (Å²) < 4.78 is 10.8. The van der Waals surface area contributed by atoms with Crippen molar-refractivity contribution in [1.29, 1.82) is 0 Å². The van der Waals surface area contributed by atoms with Gasteiger partial charge in [-0.1, -0.05) is 24.3 Å². The molecule has 3 atom stereocenters. The summed E-state index contributed by atoms with van der Waals surface area (Å²) in [7, 11) is 1.59. The molecule has 1 aliphatic rings. The van der Waals surface area contributed by atoms with Crippen LogP contribution in [0.3, 0.4) is 0 Å². The molecule has 1 aliphatic heterocycles. The van der Waals surface area contributed by atoms with Crippen LogP contribution < -0.4 is 15.4 Å². The lowest BCUT2D eigenvalue weighted by Crippen LogP contribution is -2.48. The van der Waals surface area contributed by atoms with Crippen LogP contribution in [0.5, 0.6) is 5.75 Å². The van der Waals surface area contributed by atoms with E-state index in [9.17, 15) is 14.4 Å². The number of ether oxygens (including phenoxy) is 2. The molecule has 0 radical (unpaired) electrons. The molecule has 0 bridgehead atoms. The van der Waals surface area contributed by atoms with Gasteiger partial charge >= 0.3 is 0 Å². The van der Waals surface area contributed by atoms with Crippen LogP contribution in [0.15, 0.2) is 54.6 Å². The first-order valence-electron chi connectivity index (χ1n) is 11.7.